The number of carbonyl (C=O) groups excluding carboxylic acids is 1. The molecule has 1 rings (SSSR count). The molecule has 2 amide bonds. The molecule has 0 saturated carbocycles. The van der Waals surface area contributed by atoms with Crippen molar-refractivity contribution in [2.45, 2.75) is 6.10 Å². The van der Waals surface area contributed by atoms with E-state index in [0.717, 1.165) is 0 Å². The maximum absolute atomic E-state index is 10.6. The van der Waals surface area contributed by atoms with Gasteiger partial charge in [0.15, 0.2) is 6.10 Å². The Hall–Kier alpha value is -1.28. The van der Waals surface area contributed by atoms with Crippen molar-refractivity contribution in [3.63, 3.8) is 0 Å². The summed E-state index contributed by atoms with van der Waals surface area (Å²) >= 11 is 0. The molecule has 1 fully saturated rings. The smallest absolute Gasteiger partial charge is 0.314 e. The van der Waals surface area contributed by atoms with Crippen molar-refractivity contribution in [3.05, 3.63) is 0 Å². The highest BCUT2D eigenvalue weighted by Gasteiger charge is 2.21. The molecule has 1 unspecified atom stereocenters. The summed E-state index contributed by atoms with van der Waals surface area (Å²) < 4.78 is 5.00. The van der Waals surface area contributed by atoms with Crippen molar-refractivity contribution >= 4 is 6.03 Å². The number of rotatable bonds is 0. The lowest BCUT2D eigenvalue weighted by molar-refractivity contribution is 0.0173. The van der Waals surface area contributed by atoms with Gasteiger partial charge in [-0.25, -0.2) is 4.79 Å². The fourth-order valence-electron chi connectivity index (χ4n) is 0.928. The molecule has 1 aliphatic heterocycles. The molecule has 1 heterocycles. The molecule has 2 N–H and O–H groups in total. The van der Waals surface area contributed by atoms with E-state index in [1.165, 1.54) is 4.90 Å². The third-order valence-electron chi connectivity index (χ3n) is 1.52. The molecule has 0 aliphatic carbocycles. The Morgan fingerprint density at radius 3 is 3.09 bits per heavy atom. The molecule has 0 aromatic rings. The number of carbonyl (C=O) groups is 1. The number of hydrogen-bond donors (Lipinski definition) is 1. The van der Waals surface area contributed by atoms with Crippen LogP contribution in [0, 0.1) is 11.3 Å². The first-order chi connectivity index (χ1) is 5.24. The number of nitriles is 1. The van der Waals surface area contributed by atoms with Gasteiger partial charge in [0.05, 0.1) is 19.2 Å². The average molecular weight is 155 g/mol. The fourth-order valence-corrected chi connectivity index (χ4v) is 0.928. The van der Waals surface area contributed by atoms with Crippen LogP contribution in [0.1, 0.15) is 0 Å². The Bertz CT molecular complexity index is 198. The summed E-state index contributed by atoms with van der Waals surface area (Å²) in [6.07, 6.45) is -0.517. The summed E-state index contributed by atoms with van der Waals surface area (Å²) in [6.45, 7) is 1.15. The second-order valence-corrected chi connectivity index (χ2v) is 2.27. The summed E-state index contributed by atoms with van der Waals surface area (Å²) in [5, 5.41) is 8.44. The minimum absolute atomic E-state index is 0.284. The van der Waals surface area contributed by atoms with Gasteiger partial charge < -0.3 is 15.4 Å². The van der Waals surface area contributed by atoms with Crippen LogP contribution in [0.4, 0.5) is 4.79 Å². The van der Waals surface area contributed by atoms with Crippen molar-refractivity contribution in [3.8, 4) is 6.07 Å². The normalized spacial score (nSPS) is 24.3. The maximum Gasteiger partial charge on any atom is 0.314 e. The molecule has 11 heavy (non-hydrogen) atoms. The van der Waals surface area contributed by atoms with Gasteiger partial charge >= 0.3 is 6.03 Å². The van der Waals surface area contributed by atoms with Crippen LogP contribution in [0.25, 0.3) is 0 Å². The largest absolute Gasteiger partial charge is 0.360 e. The lowest BCUT2D eigenvalue weighted by Gasteiger charge is -2.27. The molecule has 1 saturated heterocycles. The molecule has 1 atom stereocenters. The fraction of sp³-hybridized carbons (Fsp3) is 0.667. The van der Waals surface area contributed by atoms with Gasteiger partial charge in [0.25, 0.3) is 0 Å². The van der Waals surface area contributed by atoms with Crippen molar-refractivity contribution in [2.24, 2.45) is 5.73 Å². The van der Waals surface area contributed by atoms with E-state index in [-0.39, 0.29) is 6.54 Å². The topological polar surface area (TPSA) is 79.4 Å². The van der Waals surface area contributed by atoms with Gasteiger partial charge in [-0.3, -0.25) is 0 Å². The number of hydrogen-bond acceptors (Lipinski definition) is 3. The first kappa shape index (κ1) is 7.82. The van der Waals surface area contributed by atoms with Crippen molar-refractivity contribution in [1.82, 2.24) is 4.90 Å². The van der Waals surface area contributed by atoms with E-state index in [9.17, 15) is 4.79 Å². The molecular formula is C6H9N3O2. The van der Waals surface area contributed by atoms with Gasteiger partial charge in [-0.1, -0.05) is 0 Å². The van der Waals surface area contributed by atoms with Gasteiger partial charge in [0.1, 0.15) is 0 Å². The van der Waals surface area contributed by atoms with E-state index < -0.39 is 12.1 Å². The highest BCUT2D eigenvalue weighted by Crippen LogP contribution is 2.02. The van der Waals surface area contributed by atoms with Crippen LogP contribution in [0.3, 0.4) is 0 Å². The third kappa shape index (κ3) is 1.82. The quantitative estimate of drug-likeness (QED) is 0.501. The van der Waals surface area contributed by atoms with Crippen molar-refractivity contribution < 1.29 is 9.53 Å². The van der Waals surface area contributed by atoms with Gasteiger partial charge in [-0.2, -0.15) is 5.26 Å². The first-order valence-electron chi connectivity index (χ1n) is 3.29. The van der Waals surface area contributed by atoms with Crippen LogP contribution in [0.15, 0.2) is 0 Å². The van der Waals surface area contributed by atoms with Gasteiger partial charge in [-0.05, 0) is 0 Å². The number of amides is 2. The maximum atomic E-state index is 10.6. The predicted octanol–water partition coefficient (Wildman–Crippen LogP) is -0.711. The zero-order valence-electron chi connectivity index (χ0n) is 5.99. The summed E-state index contributed by atoms with van der Waals surface area (Å²) in [7, 11) is 0. The second kappa shape index (κ2) is 3.21. The van der Waals surface area contributed by atoms with E-state index in [1.807, 2.05) is 6.07 Å². The highest BCUT2D eigenvalue weighted by atomic mass is 16.5. The van der Waals surface area contributed by atoms with Crippen LogP contribution in [-0.4, -0.2) is 36.7 Å². The highest BCUT2D eigenvalue weighted by molar-refractivity contribution is 5.72. The number of urea groups is 1. The minimum atomic E-state index is -0.517. The Kier molecular flexibility index (Phi) is 2.28. The van der Waals surface area contributed by atoms with Gasteiger partial charge in [0.2, 0.25) is 0 Å². The van der Waals surface area contributed by atoms with Crippen molar-refractivity contribution in [1.29, 1.82) is 5.26 Å². The van der Waals surface area contributed by atoms with Crippen LogP contribution in [0.5, 0.6) is 0 Å². The summed E-state index contributed by atoms with van der Waals surface area (Å²) in [5.41, 5.74) is 5.01. The molecule has 5 nitrogen and oxygen atoms in total. The van der Waals surface area contributed by atoms with Crippen molar-refractivity contribution in [2.75, 3.05) is 19.7 Å². The van der Waals surface area contributed by atoms with E-state index in [1.54, 1.807) is 0 Å². The molecule has 0 bridgehead atoms. The van der Waals surface area contributed by atoms with E-state index in [4.69, 9.17) is 15.7 Å². The van der Waals surface area contributed by atoms with E-state index in [2.05, 4.69) is 0 Å². The number of nitrogens with zero attached hydrogens (tertiary/aromatic N) is 2. The van der Waals surface area contributed by atoms with Gasteiger partial charge in [0, 0.05) is 6.54 Å². The monoisotopic (exact) mass is 155 g/mol. The third-order valence-corrected chi connectivity index (χ3v) is 1.52. The number of primary amides is 1. The molecule has 0 aromatic heterocycles. The molecule has 0 spiro atoms. The standard InChI is InChI=1S/C6H9N3O2/c7-3-5-4-9(6(8)10)1-2-11-5/h5H,1-2,4H2,(H2,8,10). The molecular weight excluding hydrogens is 146 g/mol. The molecule has 5 heteroatoms. The zero-order valence-corrected chi connectivity index (χ0v) is 5.99. The summed E-state index contributed by atoms with van der Waals surface area (Å²) in [4.78, 5) is 12.0. The lowest BCUT2D eigenvalue weighted by atomic mass is 10.3. The second-order valence-electron chi connectivity index (χ2n) is 2.27. The first-order valence-corrected chi connectivity index (χ1v) is 3.29. The van der Waals surface area contributed by atoms with Crippen LogP contribution < -0.4 is 5.73 Å². The Balaban J connectivity index is 2.47. The van der Waals surface area contributed by atoms with Crippen LogP contribution in [-0.2, 0) is 4.74 Å². The van der Waals surface area contributed by atoms with Gasteiger partial charge in [-0.15, -0.1) is 0 Å². The number of morpholine rings is 1. The predicted molar refractivity (Wildman–Crippen MR) is 36.5 cm³/mol. The van der Waals surface area contributed by atoms with Crippen LogP contribution in [0.2, 0.25) is 0 Å². The Morgan fingerprint density at radius 2 is 2.55 bits per heavy atom. The summed E-state index contributed by atoms with van der Waals surface area (Å²) in [5.74, 6) is 0. The molecule has 0 aromatic carbocycles. The Labute approximate surface area is 64.3 Å². The molecule has 0 radical (unpaired) electrons. The minimum Gasteiger partial charge on any atom is -0.360 e. The lowest BCUT2D eigenvalue weighted by Crippen LogP contribution is -2.47. The number of nitrogens with two attached hydrogens (primary N) is 1. The Morgan fingerprint density at radius 1 is 1.82 bits per heavy atom. The van der Waals surface area contributed by atoms with E-state index >= 15 is 0 Å². The summed E-state index contributed by atoms with van der Waals surface area (Å²) in [6, 6.07) is 1.43. The van der Waals surface area contributed by atoms with Crippen LogP contribution >= 0.6 is 0 Å². The average Bonchev–Trinajstić information content (AvgIpc) is 2.05. The number of ether oxygens (including phenoxy) is 1. The molecule has 60 valence electrons. The molecule has 1 aliphatic rings. The zero-order chi connectivity index (χ0) is 8.27. The van der Waals surface area contributed by atoms with E-state index in [0.29, 0.717) is 13.2 Å². The SMILES string of the molecule is N#CC1CN(C(N)=O)CCO1.